The lowest BCUT2D eigenvalue weighted by Crippen LogP contribution is -2.11. The van der Waals surface area contributed by atoms with Crippen LogP contribution in [0.5, 0.6) is 0 Å². The third-order valence-corrected chi connectivity index (χ3v) is 5.62. The highest BCUT2D eigenvalue weighted by atomic mass is 19.1. The molecule has 0 saturated heterocycles. The van der Waals surface area contributed by atoms with Crippen LogP contribution in [-0.2, 0) is 18.2 Å². The minimum Gasteiger partial charge on any atom is -0.461 e. The molecule has 0 fully saturated rings. The second kappa shape index (κ2) is 11.8. The number of ether oxygens (including phenoxy) is 1. The number of hydrogen-bond acceptors (Lipinski definition) is 2. The smallest absolute Gasteiger partial charge is 0.358 e. The zero-order chi connectivity index (χ0) is 21.2. The Labute approximate surface area is 175 Å². The fourth-order valence-corrected chi connectivity index (χ4v) is 3.91. The van der Waals surface area contributed by atoms with Crippen LogP contribution < -0.4 is 0 Å². The molecule has 0 N–H and O–H groups in total. The van der Waals surface area contributed by atoms with E-state index >= 15 is 4.39 Å². The molecular formula is C25H36FNO2. The third-order valence-electron chi connectivity index (χ3n) is 5.62. The van der Waals surface area contributed by atoms with Gasteiger partial charge >= 0.3 is 5.97 Å². The normalized spacial score (nSPS) is 11.1. The van der Waals surface area contributed by atoms with E-state index < -0.39 is 11.8 Å². The lowest BCUT2D eigenvalue weighted by atomic mass is 9.94. The van der Waals surface area contributed by atoms with E-state index in [1.165, 1.54) is 55.1 Å². The third kappa shape index (κ3) is 6.19. The summed E-state index contributed by atoms with van der Waals surface area (Å²) in [6, 6.07) is 6.05. The van der Waals surface area contributed by atoms with Gasteiger partial charge in [-0.1, -0.05) is 70.1 Å². The maximum absolute atomic E-state index is 15.0. The first-order chi connectivity index (χ1) is 14.0. The van der Waals surface area contributed by atoms with Crippen molar-refractivity contribution < 1.29 is 13.9 Å². The summed E-state index contributed by atoms with van der Waals surface area (Å²) in [7, 11) is 1.68. The van der Waals surface area contributed by atoms with Gasteiger partial charge < -0.3 is 9.30 Å². The van der Waals surface area contributed by atoms with Gasteiger partial charge in [-0.25, -0.2) is 9.18 Å². The SMILES string of the molecule is CCCCCCCCCCc1cccc(-c2cn(C)c(C(=O)OCC)c2F)c1C. The molecule has 2 aromatic rings. The van der Waals surface area contributed by atoms with Crippen molar-refractivity contribution in [1.82, 2.24) is 4.57 Å². The van der Waals surface area contributed by atoms with Crippen molar-refractivity contribution in [3.63, 3.8) is 0 Å². The summed E-state index contributed by atoms with van der Waals surface area (Å²) in [5.74, 6) is -1.12. The van der Waals surface area contributed by atoms with Crippen molar-refractivity contribution in [2.45, 2.75) is 78.6 Å². The molecule has 1 aromatic heterocycles. The highest BCUT2D eigenvalue weighted by Crippen LogP contribution is 2.31. The molecule has 0 aliphatic carbocycles. The lowest BCUT2D eigenvalue weighted by molar-refractivity contribution is 0.0509. The monoisotopic (exact) mass is 401 g/mol. The van der Waals surface area contributed by atoms with Crippen molar-refractivity contribution in [3.8, 4) is 11.1 Å². The van der Waals surface area contributed by atoms with Crippen LogP contribution in [0, 0.1) is 12.7 Å². The van der Waals surface area contributed by atoms with Crippen LogP contribution in [0.4, 0.5) is 4.39 Å². The molecule has 0 atom stereocenters. The standard InChI is InChI=1S/C25H36FNO2/c1-5-7-8-9-10-11-12-13-15-20-16-14-17-21(19(20)3)22-18-27(4)24(23(22)26)25(28)29-6-2/h14,16-18H,5-13,15H2,1-4H3. The van der Waals surface area contributed by atoms with E-state index in [4.69, 9.17) is 4.74 Å². The van der Waals surface area contributed by atoms with E-state index in [0.29, 0.717) is 5.56 Å². The number of unbranched alkanes of at least 4 members (excludes halogenated alkanes) is 7. The van der Waals surface area contributed by atoms with Crippen LogP contribution in [0.2, 0.25) is 0 Å². The van der Waals surface area contributed by atoms with Crippen molar-refractivity contribution in [2.75, 3.05) is 6.61 Å². The van der Waals surface area contributed by atoms with Crippen molar-refractivity contribution in [3.05, 3.63) is 47.0 Å². The van der Waals surface area contributed by atoms with E-state index in [9.17, 15) is 4.79 Å². The number of esters is 1. The Morgan fingerprint density at radius 2 is 1.66 bits per heavy atom. The fraction of sp³-hybridized carbons (Fsp3) is 0.560. The predicted molar refractivity (Wildman–Crippen MR) is 118 cm³/mol. The average molecular weight is 402 g/mol. The zero-order valence-electron chi connectivity index (χ0n) is 18.5. The number of benzene rings is 1. The first-order valence-electron chi connectivity index (χ1n) is 11.1. The molecule has 0 bridgehead atoms. The van der Waals surface area contributed by atoms with Gasteiger partial charge in [0.2, 0.25) is 0 Å². The van der Waals surface area contributed by atoms with Crippen LogP contribution in [0.25, 0.3) is 11.1 Å². The first-order valence-corrected chi connectivity index (χ1v) is 11.1. The quantitative estimate of drug-likeness (QED) is 0.283. The predicted octanol–water partition coefficient (Wildman–Crippen LogP) is 7.00. The van der Waals surface area contributed by atoms with Crippen LogP contribution >= 0.6 is 0 Å². The van der Waals surface area contributed by atoms with Crippen LogP contribution in [0.3, 0.4) is 0 Å². The fourth-order valence-electron chi connectivity index (χ4n) is 3.91. The Kier molecular flexibility index (Phi) is 9.43. The number of aromatic nitrogens is 1. The molecule has 0 spiro atoms. The summed E-state index contributed by atoms with van der Waals surface area (Å²) >= 11 is 0. The largest absolute Gasteiger partial charge is 0.461 e. The Morgan fingerprint density at radius 1 is 1.00 bits per heavy atom. The molecule has 1 aromatic carbocycles. The number of nitrogens with zero attached hydrogens (tertiary/aromatic N) is 1. The van der Waals surface area contributed by atoms with Gasteiger partial charge in [0.25, 0.3) is 0 Å². The molecule has 0 unspecified atom stereocenters. The Morgan fingerprint density at radius 3 is 2.31 bits per heavy atom. The molecule has 1 heterocycles. The summed E-state index contributed by atoms with van der Waals surface area (Å²) < 4.78 is 21.5. The second-order valence-corrected chi connectivity index (χ2v) is 7.85. The van der Waals surface area contributed by atoms with Crippen molar-refractivity contribution >= 4 is 5.97 Å². The van der Waals surface area contributed by atoms with Crippen LogP contribution in [-0.4, -0.2) is 17.1 Å². The highest BCUT2D eigenvalue weighted by Gasteiger charge is 2.23. The van der Waals surface area contributed by atoms with Gasteiger partial charge in [0, 0.05) is 18.8 Å². The van der Waals surface area contributed by atoms with E-state index in [0.717, 1.165) is 24.0 Å². The first kappa shape index (κ1) is 23.2. The molecule has 3 nitrogen and oxygen atoms in total. The van der Waals surface area contributed by atoms with Gasteiger partial charge in [0.1, 0.15) is 0 Å². The summed E-state index contributed by atoms with van der Waals surface area (Å²) in [5.41, 5.74) is 3.65. The van der Waals surface area contributed by atoms with Crippen molar-refractivity contribution in [2.24, 2.45) is 7.05 Å². The number of aryl methyl sites for hydroxylation is 2. The van der Waals surface area contributed by atoms with Gasteiger partial charge in [-0.05, 0) is 43.4 Å². The summed E-state index contributed by atoms with van der Waals surface area (Å²) in [4.78, 5) is 12.1. The number of rotatable bonds is 12. The molecule has 29 heavy (non-hydrogen) atoms. The van der Waals surface area contributed by atoms with Gasteiger partial charge in [-0.2, -0.15) is 0 Å². The Bertz CT molecular complexity index is 794. The minimum atomic E-state index is -0.619. The van der Waals surface area contributed by atoms with E-state index in [1.807, 2.05) is 19.1 Å². The van der Waals surface area contributed by atoms with Crippen LogP contribution in [0.1, 0.15) is 86.8 Å². The molecule has 4 heteroatoms. The number of halogens is 1. The van der Waals surface area contributed by atoms with Gasteiger partial charge in [0.15, 0.2) is 11.5 Å². The number of carbonyl (C=O) groups is 1. The van der Waals surface area contributed by atoms with Crippen LogP contribution in [0.15, 0.2) is 24.4 Å². The maximum atomic E-state index is 15.0. The summed E-state index contributed by atoms with van der Waals surface area (Å²) in [5, 5.41) is 0. The molecule has 2 rings (SSSR count). The minimum absolute atomic E-state index is 0.0188. The average Bonchev–Trinajstić information content (AvgIpc) is 2.99. The molecule has 0 amide bonds. The number of hydrogen-bond donors (Lipinski definition) is 0. The number of carbonyl (C=O) groups excluding carboxylic acids is 1. The van der Waals surface area contributed by atoms with Gasteiger partial charge in [-0.3, -0.25) is 0 Å². The van der Waals surface area contributed by atoms with E-state index in [2.05, 4.69) is 13.0 Å². The van der Waals surface area contributed by atoms with E-state index in [-0.39, 0.29) is 12.3 Å². The van der Waals surface area contributed by atoms with Gasteiger partial charge in [-0.15, -0.1) is 0 Å². The summed E-state index contributed by atoms with van der Waals surface area (Å²) in [6.07, 6.45) is 13.0. The second-order valence-electron chi connectivity index (χ2n) is 7.85. The molecule has 160 valence electrons. The maximum Gasteiger partial charge on any atom is 0.358 e. The lowest BCUT2D eigenvalue weighted by Gasteiger charge is -2.11. The summed E-state index contributed by atoms with van der Waals surface area (Å²) in [6.45, 7) is 6.24. The Balaban J connectivity index is 2.04. The van der Waals surface area contributed by atoms with E-state index in [1.54, 1.807) is 20.2 Å². The van der Waals surface area contributed by atoms with Crippen molar-refractivity contribution in [1.29, 1.82) is 0 Å². The topological polar surface area (TPSA) is 31.2 Å². The molecule has 0 radical (unpaired) electrons. The highest BCUT2D eigenvalue weighted by molar-refractivity contribution is 5.90. The Hall–Kier alpha value is -2.10. The van der Waals surface area contributed by atoms with Gasteiger partial charge in [0.05, 0.1) is 6.61 Å². The molecule has 0 saturated carbocycles. The molecule has 0 aliphatic heterocycles. The molecular weight excluding hydrogens is 365 g/mol. The zero-order valence-corrected chi connectivity index (χ0v) is 18.5. The molecule has 0 aliphatic rings.